The van der Waals surface area contributed by atoms with Gasteiger partial charge in [0.25, 0.3) is 0 Å². The number of halogens is 1. The highest BCUT2D eigenvalue weighted by molar-refractivity contribution is 14.1. The normalized spacial score (nSPS) is 9.38. The summed E-state index contributed by atoms with van der Waals surface area (Å²) in [5, 5.41) is 14.2. The summed E-state index contributed by atoms with van der Waals surface area (Å²) < 4.78 is 1.14. The van der Waals surface area contributed by atoms with Crippen molar-refractivity contribution in [1.29, 1.82) is 10.8 Å². The molecule has 3 nitrogen and oxygen atoms in total. The molecule has 1 aromatic rings. The standard InChI is InChI=1S/C9H10IN3/c1-7-8(10)3-2-4-9(7)13(5-11)6-12/h2-6,11-12H,1H3. The van der Waals surface area contributed by atoms with Crippen LogP contribution in [0.15, 0.2) is 18.2 Å². The fraction of sp³-hybridized carbons (Fsp3) is 0.111. The van der Waals surface area contributed by atoms with Crippen LogP contribution in [0, 0.1) is 21.3 Å². The third-order valence-electron chi connectivity index (χ3n) is 1.80. The highest BCUT2D eigenvalue weighted by Crippen LogP contribution is 2.22. The molecule has 0 bridgehead atoms. The minimum absolute atomic E-state index is 0.886. The van der Waals surface area contributed by atoms with Gasteiger partial charge in [0, 0.05) is 3.57 Å². The Kier molecular flexibility index (Phi) is 3.41. The Labute approximate surface area is 90.9 Å². The fourth-order valence-corrected chi connectivity index (χ4v) is 1.54. The quantitative estimate of drug-likeness (QED) is 0.501. The van der Waals surface area contributed by atoms with Crippen LogP contribution < -0.4 is 4.90 Å². The Hall–Kier alpha value is -0.910. The maximum atomic E-state index is 7.11. The molecule has 0 fully saturated rings. The van der Waals surface area contributed by atoms with E-state index in [1.54, 1.807) is 0 Å². The maximum Gasteiger partial charge on any atom is 0.0915 e. The van der Waals surface area contributed by atoms with Crippen molar-refractivity contribution in [3.05, 3.63) is 27.3 Å². The van der Waals surface area contributed by atoms with E-state index in [0.29, 0.717) is 0 Å². The lowest BCUT2D eigenvalue weighted by Gasteiger charge is -2.15. The van der Waals surface area contributed by atoms with E-state index in [2.05, 4.69) is 22.6 Å². The van der Waals surface area contributed by atoms with Gasteiger partial charge in [0.2, 0.25) is 0 Å². The van der Waals surface area contributed by atoms with Crippen molar-refractivity contribution in [3.63, 3.8) is 0 Å². The van der Waals surface area contributed by atoms with E-state index in [9.17, 15) is 0 Å². The van der Waals surface area contributed by atoms with E-state index in [4.69, 9.17) is 10.8 Å². The summed E-state index contributed by atoms with van der Waals surface area (Å²) in [4.78, 5) is 1.47. The second-order valence-electron chi connectivity index (χ2n) is 2.55. The molecule has 0 radical (unpaired) electrons. The van der Waals surface area contributed by atoms with Crippen LogP contribution in [0.1, 0.15) is 5.56 Å². The zero-order chi connectivity index (χ0) is 9.84. The molecule has 0 aliphatic carbocycles. The SMILES string of the molecule is Cc1c(I)cccc1N(C=N)C=N. The predicted molar refractivity (Wildman–Crippen MR) is 63.9 cm³/mol. The molecule has 2 N–H and O–H groups in total. The lowest BCUT2D eigenvalue weighted by Crippen LogP contribution is -2.18. The molecular weight excluding hydrogens is 277 g/mol. The molecule has 0 aliphatic rings. The Morgan fingerprint density at radius 1 is 1.31 bits per heavy atom. The molecule has 0 saturated heterocycles. The van der Waals surface area contributed by atoms with Crippen molar-refractivity contribution < 1.29 is 0 Å². The average molecular weight is 287 g/mol. The van der Waals surface area contributed by atoms with Gasteiger partial charge in [-0.3, -0.25) is 15.7 Å². The van der Waals surface area contributed by atoms with Gasteiger partial charge < -0.3 is 0 Å². The number of nitrogens with one attached hydrogen (secondary N) is 2. The summed E-state index contributed by atoms with van der Waals surface area (Å²) >= 11 is 2.24. The molecule has 1 rings (SSSR count). The number of hydrogen-bond donors (Lipinski definition) is 2. The Balaban J connectivity index is 3.20. The van der Waals surface area contributed by atoms with Crippen LogP contribution in [-0.2, 0) is 0 Å². The first-order valence-electron chi connectivity index (χ1n) is 3.75. The second kappa shape index (κ2) is 4.36. The van der Waals surface area contributed by atoms with E-state index in [-0.39, 0.29) is 0 Å². The van der Waals surface area contributed by atoms with E-state index < -0.39 is 0 Å². The lowest BCUT2D eigenvalue weighted by molar-refractivity contribution is 1.32. The van der Waals surface area contributed by atoms with Crippen molar-refractivity contribution >= 4 is 41.0 Å². The number of hydrogen-bond acceptors (Lipinski definition) is 2. The predicted octanol–water partition coefficient (Wildman–Crippen LogP) is 2.62. The van der Waals surface area contributed by atoms with Gasteiger partial charge in [-0.1, -0.05) is 6.07 Å². The van der Waals surface area contributed by atoms with Crippen molar-refractivity contribution in [2.45, 2.75) is 6.92 Å². The molecule has 0 saturated carbocycles. The summed E-state index contributed by atoms with van der Waals surface area (Å²) in [5.74, 6) is 0. The fourth-order valence-electron chi connectivity index (χ4n) is 1.05. The number of benzene rings is 1. The molecule has 0 spiro atoms. The molecule has 68 valence electrons. The second-order valence-corrected chi connectivity index (χ2v) is 3.71. The van der Waals surface area contributed by atoms with Crippen LogP contribution >= 0.6 is 22.6 Å². The van der Waals surface area contributed by atoms with Gasteiger partial charge in [-0.15, -0.1) is 0 Å². The van der Waals surface area contributed by atoms with E-state index >= 15 is 0 Å². The van der Waals surface area contributed by atoms with E-state index in [0.717, 1.165) is 27.5 Å². The zero-order valence-electron chi connectivity index (χ0n) is 7.21. The number of anilines is 1. The number of nitrogens with zero attached hydrogens (tertiary/aromatic N) is 1. The highest BCUT2D eigenvalue weighted by atomic mass is 127. The molecule has 13 heavy (non-hydrogen) atoms. The smallest absolute Gasteiger partial charge is 0.0915 e. The van der Waals surface area contributed by atoms with Crippen LogP contribution in [0.4, 0.5) is 5.69 Å². The molecule has 4 heteroatoms. The first kappa shape index (κ1) is 10.2. The van der Waals surface area contributed by atoms with Crippen LogP contribution in [0.5, 0.6) is 0 Å². The van der Waals surface area contributed by atoms with Crippen molar-refractivity contribution in [2.75, 3.05) is 4.90 Å². The Bertz CT molecular complexity index is 328. The largest absolute Gasteiger partial charge is 0.292 e. The molecule has 0 amide bonds. The van der Waals surface area contributed by atoms with E-state index in [1.165, 1.54) is 4.90 Å². The van der Waals surface area contributed by atoms with Gasteiger partial charge in [0.15, 0.2) is 0 Å². The summed E-state index contributed by atoms with van der Waals surface area (Å²) in [6.07, 6.45) is 2.26. The minimum atomic E-state index is 0.886. The van der Waals surface area contributed by atoms with Crippen LogP contribution in [0.25, 0.3) is 0 Å². The van der Waals surface area contributed by atoms with Crippen molar-refractivity contribution in [3.8, 4) is 0 Å². The van der Waals surface area contributed by atoms with Gasteiger partial charge >= 0.3 is 0 Å². The first-order chi connectivity index (χ1) is 6.20. The third kappa shape index (κ3) is 2.06. The van der Waals surface area contributed by atoms with Gasteiger partial charge in [-0.25, -0.2) is 0 Å². The van der Waals surface area contributed by atoms with Gasteiger partial charge in [-0.05, 0) is 47.2 Å². The topological polar surface area (TPSA) is 50.9 Å². The summed E-state index contributed by atoms with van der Waals surface area (Å²) in [6, 6.07) is 5.82. The third-order valence-corrected chi connectivity index (χ3v) is 2.96. The summed E-state index contributed by atoms with van der Waals surface area (Å²) in [5.41, 5.74) is 1.98. The Morgan fingerprint density at radius 3 is 2.46 bits per heavy atom. The molecular formula is C9H10IN3. The molecule has 0 unspecified atom stereocenters. The van der Waals surface area contributed by atoms with Crippen molar-refractivity contribution in [1.82, 2.24) is 0 Å². The van der Waals surface area contributed by atoms with E-state index in [1.807, 2.05) is 25.1 Å². The molecule has 0 atom stereocenters. The van der Waals surface area contributed by atoms with Gasteiger partial charge in [0.1, 0.15) is 0 Å². The molecule has 0 aromatic heterocycles. The number of rotatable bonds is 3. The molecule has 0 heterocycles. The minimum Gasteiger partial charge on any atom is -0.292 e. The Morgan fingerprint density at radius 2 is 1.92 bits per heavy atom. The lowest BCUT2D eigenvalue weighted by atomic mass is 10.2. The monoisotopic (exact) mass is 287 g/mol. The van der Waals surface area contributed by atoms with Gasteiger partial charge in [-0.2, -0.15) is 0 Å². The van der Waals surface area contributed by atoms with Crippen LogP contribution in [0.3, 0.4) is 0 Å². The van der Waals surface area contributed by atoms with Crippen LogP contribution in [-0.4, -0.2) is 12.7 Å². The average Bonchev–Trinajstić information content (AvgIpc) is 2.14. The van der Waals surface area contributed by atoms with Crippen LogP contribution in [0.2, 0.25) is 0 Å². The first-order valence-corrected chi connectivity index (χ1v) is 4.83. The zero-order valence-corrected chi connectivity index (χ0v) is 9.37. The summed E-state index contributed by atoms with van der Waals surface area (Å²) in [6.45, 7) is 1.98. The maximum absolute atomic E-state index is 7.11. The molecule has 0 aliphatic heterocycles. The highest BCUT2D eigenvalue weighted by Gasteiger charge is 2.05. The van der Waals surface area contributed by atoms with Crippen molar-refractivity contribution in [2.24, 2.45) is 0 Å². The van der Waals surface area contributed by atoms with Gasteiger partial charge in [0.05, 0.1) is 18.4 Å². The summed E-state index contributed by atoms with van der Waals surface area (Å²) in [7, 11) is 0. The molecule has 1 aromatic carbocycles.